The van der Waals surface area contributed by atoms with Gasteiger partial charge in [-0.15, -0.1) is 0 Å². The van der Waals surface area contributed by atoms with Crippen molar-refractivity contribution in [2.75, 3.05) is 33.8 Å². The maximum Gasteiger partial charge on any atom is 0.394 e. The van der Waals surface area contributed by atoms with Crippen LogP contribution in [0.25, 0.3) is 0 Å². The number of rotatable bonds is 2. The molecule has 5 unspecified atom stereocenters. The largest absolute Gasteiger partial charge is 0.493 e. The molecule has 2 bridgehead atoms. The van der Waals surface area contributed by atoms with Crippen LogP contribution >= 0.6 is 0 Å². The summed E-state index contributed by atoms with van der Waals surface area (Å²) in [5, 5.41) is 0. The van der Waals surface area contributed by atoms with Crippen molar-refractivity contribution in [3.8, 4) is 11.5 Å². The average Bonchev–Trinajstić information content (AvgIpc) is 3.09. The summed E-state index contributed by atoms with van der Waals surface area (Å²) in [7, 11) is -0.519. The first kappa shape index (κ1) is 22.4. The Bertz CT molecular complexity index is 971. The lowest BCUT2D eigenvalue weighted by molar-refractivity contribution is -0.0907. The van der Waals surface area contributed by atoms with Crippen molar-refractivity contribution in [1.29, 1.82) is 0 Å². The number of hydrogen-bond acceptors (Lipinski definition) is 6. The van der Waals surface area contributed by atoms with Crippen LogP contribution in [0.5, 0.6) is 11.5 Å². The predicted molar refractivity (Wildman–Crippen MR) is 120 cm³/mol. The molecule has 3 fully saturated rings. The lowest BCUT2D eigenvalue weighted by atomic mass is 9.50. The lowest BCUT2D eigenvalue weighted by Crippen LogP contribution is -2.69. The lowest BCUT2D eigenvalue weighted by Gasteiger charge is -2.61. The summed E-state index contributed by atoms with van der Waals surface area (Å²) in [5.74, 6) is 2.74. The van der Waals surface area contributed by atoms with Gasteiger partial charge in [-0.3, -0.25) is 9.11 Å². The molecule has 0 amide bonds. The van der Waals surface area contributed by atoms with E-state index < -0.39 is 10.4 Å². The van der Waals surface area contributed by atoms with Gasteiger partial charge in [0.1, 0.15) is 6.10 Å². The van der Waals surface area contributed by atoms with Gasteiger partial charge in [0, 0.05) is 29.0 Å². The van der Waals surface area contributed by atoms with Crippen LogP contribution < -0.4 is 9.47 Å². The molecular formula is C23H34N2O6S. The summed E-state index contributed by atoms with van der Waals surface area (Å²) in [6.07, 6.45) is 9.45. The number of hydrogen-bond donors (Lipinski definition) is 2. The highest BCUT2D eigenvalue weighted by Crippen LogP contribution is 2.64. The molecule has 2 N–H and O–H groups in total. The Morgan fingerprint density at radius 3 is 2.50 bits per heavy atom. The SMILES string of the molecule is COc1ccc2c3c1OC1CCC(N4CCCCC4)C4C(C2)N(C)CCC314.O=S(=O)(O)O. The monoisotopic (exact) mass is 466 g/mol. The van der Waals surface area contributed by atoms with Gasteiger partial charge >= 0.3 is 10.4 Å². The Kier molecular flexibility index (Phi) is 5.69. The van der Waals surface area contributed by atoms with E-state index in [1.54, 1.807) is 12.7 Å². The molecule has 0 aromatic heterocycles. The minimum absolute atomic E-state index is 0.217. The average molecular weight is 467 g/mol. The highest BCUT2D eigenvalue weighted by Gasteiger charge is 2.66. The zero-order chi connectivity index (χ0) is 22.7. The molecule has 6 rings (SSSR count). The minimum Gasteiger partial charge on any atom is -0.493 e. The Labute approximate surface area is 190 Å². The van der Waals surface area contributed by atoms with Crippen molar-refractivity contribution in [3.63, 3.8) is 0 Å². The summed E-state index contributed by atoms with van der Waals surface area (Å²) in [5.41, 5.74) is 3.29. The van der Waals surface area contributed by atoms with Crippen LogP contribution in [-0.4, -0.2) is 79.3 Å². The molecule has 32 heavy (non-hydrogen) atoms. The van der Waals surface area contributed by atoms with E-state index in [4.69, 9.17) is 27.0 Å². The Morgan fingerprint density at radius 2 is 1.81 bits per heavy atom. The summed E-state index contributed by atoms with van der Waals surface area (Å²) in [4.78, 5) is 5.53. The van der Waals surface area contributed by atoms with E-state index in [0.29, 0.717) is 18.1 Å². The minimum atomic E-state index is -4.67. The van der Waals surface area contributed by atoms with Crippen LogP contribution in [0.3, 0.4) is 0 Å². The fraction of sp³-hybridized carbons (Fsp3) is 0.739. The number of ether oxygens (including phenoxy) is 2. The molecule has 3 heterocycles. The van der Waals surface area contributed by atoms with Gasteiger partial charge in [-0.1, -0.05) is 12.5 Å². The van der Waals surface area contributed by atoms with Gasteiger partial charge < -0.3 is 19.3 Å². The Balaban J connectivity index is 0.000000393. The number of piperidine rings is 2. The standard InChI is InChI=1S/C23H32N2O2.H2O4S/c1-24-13-10-23-19-9-7-16(25-11-4-3-5-12-25)21(23)17(24)14-15-6-8-18(26-2)22(27-19)20(15)23;1-5(2,3)4/h6,8,16-17,19,21H,3-5,7,9-14H2,1-2H3;(H2,1,2,3,4). The second-order valence-corrected chi connectivity index (χ2v) is 10.9. The topological polar surface area (TPSA) is 99.5 Å². The molecular weight excluding hydrogens is 432 g/mol. The van der Waals surface area contributed by atoms with Crippen molar-refractivity contribution in [3.05, 3.63) is 23.3 Å². The van der Waals surface area contributed by atoms with Gasteiger partial charge in [0.05, 0.1) is 7.11 Å². The van der Waals surface area contributed by atoms with Gasteiger partial charge in [0.15, 0.2) is 11.5 Å². The highest BCUT2D eigenvalue weighted by atomic mass is 32.3. The second kappa shape index (κ2) is 8.13. The quantitative estimate of drug-likeness (QED) is 0.642. The third kappa shape index (κ3) is 3.53. The molecule has 3 aliphatic heterocycles. The van der Waals surface area contributed by atoms with Gasteiger partial charge in [-0.25, -0.2) is 0 Å². The first-order valence-electron chi connectivity index (χ1n) is 11.7. The van der Waals surface area contributed by atoms with Crippen LogP contribution in [0.2, 0.25) is 0 Å². The van der Waals surface area contributed by atoms with Crippen molar-refractivity contribution < 1.29 is 27.0 Å². The predicted octanol–water partition coefficient (Wildman–Crippen LogP) is 2.57. The first-order chi connectivity index (χ1) is 15.2. The van der Waals surface area contributed by atoms with Crippen LogP contribution in [-0.2, 0) is 22.2 Å². The summed E-state index contributed by atoms with van der Waals surface area (Å²) >= 11 is 0. The van der Waals surface area contributed by atoms with Gasteiger partial charge in [0.25, 0.3) is 0 Å². The molecule has 1 aromatic rings. The van der Waals surface area contributed by atoms with Crippen molar-refractivity contribution in [1.82, 2.24) is 9.80 Å². The number of benzene rings is 1. The van der Waals surface area contributed by atoms with E-state index in [-0.39, 0.29) is 5.41 Å². The zero-order valence-electron chi connectivity index (χ0n) is 18.9. The van der Waals surface area contributed by atoms with E-state index >= 15 is 0 Å². The van der Waals surface area contributed by atoms with Crippen molar-refractivity contribution in [2.24, 2.45) is 5.92 Å². The van der Waals surface area contributed by atoms with Gasteiger partial charge in [0.2, 0.25) is 0 Å². The molecule has 1 spiro atoms. The maximum absolute atomic E-state index is 8.74. The molecule has 8 nitrogen and oxygen atoms in total. The van der Waals surface area contributed by atoms with Crippen LogP contribution in [0.15, 0.2) is 12.1 Å². The summed E-state index contributed by atoms with van der Waals surface area (Å²) < 4.78 is 44.0. The second-order valence-electron chi connectivity index (χ2n) is 9.99. The van der Waals surface area contributed by atoms with E-state index in [0.717, 1.165) is 17.5 Å². The highest BCUT2D eigenvalue weighted by molar-refractivity contribution is 7.79. The van der Waals surface area contributed by atoms with Crippen LogP contribution in [0.4, 0.5) is 0 Å². The van der Waals surface area contributed by atoms with Gasteiger partial charge in [-0.2, -0.15) is 8.42 Å². The smallest absolute Gasteiger partial charge is 0.394 e. The molecule has 2 saturated heterocycles. The zero-order valence-corrected chi connectivity index (χ0v) is 19.7. The first-order valence-corrected chi connectivity index (χ1v) is 13.1. The molecule has 0 radical (unpaired) electrons. The number of methoxy groups -OCH3 is 1. The number of nitrogens with zero attached hydrogens (tertiary/aromatic N) is 2. The third-order valence-corrected chi connectivity index (χ3v) is 8.61. The molecule has 1 saturated carbocycles. The van der Waals surface area contributed by atoms with E-state index in [9.17, 15) is 0 Å². The van der Waals surface area contributed by atoms with Crippen molar-refractivity contribution >= 4 is 10.4 Å². The molecule has 1 aromatic carbocycles. The number of likely N-dealkylation sites (tertiary alicyclic amines) is 2. The van der Waals surface area contributed by atoms with Crippen molar-refractivity contribution in [2.45, 2.75) is 68.5 Å². The van der Waals surface area contributed by atoms with Crippen LogP contribution in [0.1, 0.15) is 49.7 Å². The third-order valence-electron chi connectivity index (χ3n) is 8.61. The molecule has 2 aliphatic carbocycles. The Hall–Kier alpha value is -1.39. The normalized spacial score (nSPS) is 35.9. The van der Waals surface area contributed by atoms with Gasteiger partial charge in [-0.05, 0) is 76.8 Å². The summed E-state index contributed by atoms with van der Waals surface area (Å²) in [6, 6.07) is 5.85. The summed E-state index contributed by atoms with van der Waals surface area (Å²) in [6.45, 7) is 3.80. The van der Waals surface area contributed by atoms with Crippen LogP contribution in [0, 0.1) is 5.92 Å². The fourth-order valence-corrected chi connectivity index (χ4v) is 7.54. The molecule has 5 aliphatic rings. The Morgan fingerprint density at radius 1 is 1.09 bits per heavy atom. The molecule has 178 valence electrons. The molecule has 9 heteroatoms. The maximum atomic E-state index is 8.74. The van der Waals surface area contributed by atoms with E-state index in [2.05, 4.69) is 29.0 Å². The number of likely N-dealkylation sites (N-methyl/N-ethyl adjacent to an activating group) is 1. The van der Waals surface area contributed by atoms with E-state index in [1.165, 1.54) is 70.1 Å². The van der Waals surface area contributed by atoms with E-state index in [1.807, 2.05) is 0 Å². The molecule has 5 atom stereocenters. The fourth-order valence-electron chi connectivity index (χ4n) is 7.54.